The molecule has 1 heterocycles. The minimum absolute atomic E-state index is 0.258. The molecule has 20 heavy (non-hydrogen) atoms. The van der Waals surface area contributed by atoms with Crippen LogP contribution in [0.4, 0.5) is 5.69 Å². The van der Waals surface area contributed by atoms with E-state index >= 15 is 0 Å². The zero-order valence-corrected chi connectivity index (χ0v) is 13.1. The van der Waals surface area contributed by atoms with E-state index < -0.39 is 0 Å². The van der Waals surface area contributed by atoms with Gasteiger partial charge in [-0.05, 0) is 44.0 Å². The summed E-state index contributed by atoms with van der Waals surface area (Å²) in [5, 5.41) is 3.58. The third kappa shape index (κ3) is 3.97. The maximum Gasteiger partial charge on any atom is 0.0552 e. The molecule has 0 aromatic heterocycles. The second-order valence-electron chi connectivity index (χ2n) is 6.17. The standard InChI is InChI=1S/C17H28N2O/c1-4-9-18-12-17(8-10-20-14-17)13-19(3)16-7-5-6-15(2)11-16/h5-7,11,18H,4,8-10,12-14H2,1-3H3. The number of benzene rings is 1. The first kappa shape index (κ1) is 15.3. The van der Waals surface area contributed by atoms with Gasteiger partial charge in [-0.25, -0.2) is 0 Å². The highest BCUT2D eigenvalue weighted by molar-refractivity contribution is 5.47. The second kappa shape index (κ2) is 7.09. The van der Waals surface area contributed by atoms with Gasteiger partial charge in [0.25, 0.3) is 0 Å². The molecule has 2 rings (SSSR count). The maximum atomic E-state index is 5.68. The number of aryl methyl sites for hydroxylation is 1. The van der Waals surface area contributed by atoms with Crippen molar-refractivity contribution in [3.05, 3.63) is 29.8 Å². The van der Waals surface area contributed by atoms with Gasteiger partial charge in [-0.2, -0.15) is 0 Å². The van der Waals surface area contributed by atoms with Crippen molar-refractivity contribution in [1.82, 2.24) is 5.32 Å². The lowest BCUT2D eigenvalue weighted by Crippen LogP contribution is -2.44. The van der Waals surface area contributed by atoms with Crippen LogP contribution in [-0.4, -0.2) is 39.9 Å². The molecule has 1 aromatic rings. The van der Waals surface area contributed by atoms with E-state index in [1.165, 1.54) is 17.7 Å². The van der Waals surface area contributed by atoms with Crippen LogP contribution in [0.5, 0.6) is 0 Å². The van der Waals surface area contributed by atoms with Crippen LogP contribution in [0.25, 0.3) is 0 Å². The molecule has 0 bridgehead atoms. The Morgan fingerprint density at radius 3 is 2.90 bits per heavy atom. The molecular weight excluding hydrogens is 248 g/mol. The third-order valence-corrected chi connectivity index (χ3v) is 4.13. The van der Waals surface area contributed by atoms with Gasteiger partial charge in [0.05, 0.1) is 6.61 Å². The summed E-state index contributed by atoms with van der Waals surface area (Å²) < 4.78 is 5.68. The van der Waals surface area contributed by atoms with Crippen LogP contribution in [0.2, 0.25) is 0 Å². The molecule has 0 saturated carbocycles. The summed E-state index contributed by atoms with van der Waals surface area (Å²) in [4.78, 5) is 2.37. The van der Waals surface area contributed by atoms with E-state index in [-0.39, 0.29) is 5.41 Å². The minimum Gasteiger partial charge on any atom is -0.381 e. The van der Waals surface area contributed by atoms with Crippen LogP contribution in [-0.2, 0) is 4.74 Å². The monoisotopic (exact) mass is 276 g/mol. The summed E-state index contributed by atoms with van der Waals surface area (Å²) in [6, 6.07) is 8.72. The summed E-state index contributed by atoms with van der Waals surface area (Å²) in [6.45, 7) is 9.33. The zero-order chi connectivity index (χ0) is 14.4. The molecule has 1 fully saturated rings. The number of nitrogens with one attached hydrogen (secondary N) is 1. The Labute approximate surface area is 123 Å². The van der Waals surface area contributed by atoms with E-state index in [2.05, 4.69) is 55.4 Å². The first-order valence-electron chi connectivity index (χ1n) is 7.71. The average molecular weight is 276 g/mol. The molecule has 0 amide bonds. The SMILES string of the molecule is CCCNCC1(CN(C)c2cccc(C)c2)CCOC1. The molecular formula is C17H28N2O. The van der Waals surface area contributed by atoms with E-state index in [0.29, 0.717) is 0 Å². The molecule has 0 radical (unpaired) electrons. The minimum atomic E-state index is 0.258. The molecule has 1 aliphatic heterocycles. The summed E-state index contributed by atoms with van der Waals surface area (Å²) in [5.41, 5.74) is 2.87. The maximum absolute atomic E-state index is 5.68. The highest BCUT2D eigenvalue weighted by atomic mass is 16.5. The Kier molecular flexibility index (Phi) is 5.44. The Morgan fingerprint density at radius 1 is 1.40 bits per heavy atom. The van der Waals surface area contributed by atoms with E-state index in [1.54, 1.807) is 0 Å². The Morgan fingerprint density at radius 2 is 2.25 bits per heavy atom. The van der Waals surface area contributed by atoms with E-state index in [0.717, 1.165) is 39.3 Å². The van der Waals surface area contributed by atoms with Gasteiger partial charge in [-0.15, -0.1) is 0 Å². The predicted molar refractivity (Wildman–Crippen MR) is 85.5 cm³/mol. The highest BCUT2D eigenvalue weighted by Gasteiger charge is 2.35. The topological polar surface area (TPSA) is 24.5 Å². The summed E-state index contributed by atoms with van der Waals surface area (Å²) in [6.07, 6.45) is 2.34. The lowest BCUT2D eigenvalue weighted by atomic mass is 9.86. The van der Waals surface area contributed by atoms with Crippen LogP contribution >= 0.6 is 0 Å². The fraction of sp³-hybridized carbons (Fsp3) is 0.647. The van der Waals surface area contributed by atoms with Gasteiger partial charge in [0, 0.05) is 37.8 Å². The normalized spacial score (nSPS) is 22.1. The van der Waals surface area contributed by atoms with Crippen molar-refractivity contribution in [3.63, 3.8) is 0 Å². The number of ether oxygens (including phenoxy) is 1. The van der Waals surface area contributed by atoms with Crippen LogP contribution < -0.4 is 10.2 Å². The lowest BCUT2D eigenvalue weighted by Gasteiger charge is -2.34. The molecule has 0 aliphatic carbocycles. The molecule has 3 heteroatoms. The molecule has 3 nitrogen and oxygen atoms in total. The van der Waals surface area contributed by atoms with Gasteiger partial charge < -0.3 is 15.0 Å². The zero-order valence-electron chi connectivity index (χ0n) is 13.1. The van der Waals surface area contributed by atoms with Gasteiger partial charge in [-0.3, -0.25) is 0 Å². The summed E-state index contributed by atoms with van der Waals surface area (Å²) >= 11 is 0. The van der Waals surface area contributed by atoms with Gasteiger partial charge in [-0.1, -0.05) is 19.1 Å². The van der Waals surface area contributed by atoms with Gasteiger partial charge in [0.2, 0.25) is 0 Å². The fourth-order valence-electron chi connectivity index (χ4n) is 2.96. The number of hydrogen-bond acceptors (Lipinski definition) is 3. The molecule has 0 spiro atoms. The highest BCUT2D eigenvalue weighted by Crippen LogP contribution is 2.30. The smallest absolute Gasteiger partial charge is 0.0552 e. The Hall–Kier alpha value is -1.06. The first-order chi connectivity index (χ1) is 9.65. The van der Waals surface area contributed by atoms with Gasteiger partial charge in [0.15, 0.2) is 0 Å². The van der Waals surface area contributed by atoms with Crippen LogP contribution in [0.15, 0.2) is 24.3 Å². The fourth-order valence-corrected chi connectivity index (χ4v) is 2.96. The molecule has 1 unspecified atom stereocenters. The second-order valence-corrected chi connectivity index (χ2v) is 6.17. The van der Waals surface area contributed by atoms with Crippen molar-refractivity contribution in [2.45, 2.75) is 26.7 Å². The van der Waals surface area contributed by atoms with Crippen LogP contribution in [0, 0.1) is 12.3 Å². The summed E-state index contributed by atoms with van der Waals surface area (Å²) in [5.74, 6) is 0. The number of rotatable bonds is 7. The molecule has 1 aliphatic rings. The molecule has 112 valence electrons. The van der Waals surface area contributed by atoms with E-state index in [4.69, 9.17) is 4.74 Å². The molecule has 1 atom stereocenters. The molecule has 1 saturated heterocycles. The molecule has 1 N–H and O–H groups in total. The van der Waals surface area contributed by atoms with E-state index in [9.17, 15) is 0 Å². The van der Waals surface area contributed by atoms with Crippen molar-refractivity contribution in [2.75, 3.05) is 44.8 Å². The largest absolute Gasteiger partial charge is 0.381 e. The van der Waals surface area contributed by atoms with Gasteiger partial charge >= 0.3 is 0 Å². The summed E-state index contributed by atoms with van der Waals surface area (Å²) in [7, 11) is 2.19. The van der Waals surface area contributed by atoms with Crippen LogP contribution in [0.3, 0.4) is 0 Å². The van der Waals surface area contributed by atoms with Gasteiger partial charge in [0.1, 0.15) is 0 Å². The lowest BCUT2D eigenvalue weighted by molar-refractivity contribution is 0.152. The van der Waals surface area contributed by atoms with Crippen LogP contribution in [0.1, 0.15) is 25.3 Å². The van der Waals surface area contributed by atoms with Crippen molar-refractivity contribution in [3.8, 4) is 0 Å². The number of anilines is 1. The predicted octanol–water partition coefficient (Wildman–Crippen LogP) is 2.84. The quantitative estimate of drug-likeness (QED) is 0.775. The first-order valence-corrected chi connectivity index (χ1v) is 7.71. The van der Waals surface area contributed by atoms with E-state index in [1.807, 2.05) is 0 Å². The number of hydrogen-bond donors (Lipinski definition) is 1. The average Bonchev–Trinajstić information content (AvgIpc) is 2.88. The van der Waals surface area contributed by atoms with Crippen molar-refractivity contribution in [1.29, 1.82) is 0 Å². The van der Waals surface area contributed by atoms with Crippen molar-refractivity contribution < 1.29 is 4.74 Å². The molecule has 1 aromatic carbocycles. The van der Waals surface area contributed by atoms with Crippen molar-refractivity contribution in [2.24, 2.45) is 5.41 Å². The third-order valence-electron chi connectivity index (χ3n) is 4.13. The van der Waals surface area contributed by atoms with Crippen molar-refractivity contribution >= 4 is 5.69 Å². The Balaban J connectivity index is 2.00. The Bertz CT molecular complexity index is 413. The number of nitrogens with zero attached hydrogens (tertiary/aromatic N) is 1.